The maximum atomic E-state index is 11.4. The highest BCUT2D eigenvalue weighted by molar-refractivity contribution is 5.86. The van der Waals surface area contributed by atoms with Crippen molar-refractivity contribution in [3.63, 3.8) is 0 Å². The highest BCUT2D eigenvalue weighted by Gasteiger charge is 2.19. The number of para-hydroxylation sites is 1. The molecule has 19 heavy (non-hydrogen) atoms. The quantitative estimate of drug-likeness (QED) is 0.635. The fourth-order valence-corrected chi connectivity index (χ4v) is 1.61. The molecule has 0 bridgehead atoms. The lowest BCUT2D eigenvalue weighted by Gasteiger charge is -2.09. The standard InChI is InChI=1S/C11H12N4O4/c1-6(10(16)12-2)13-11-14-9-7(15(17)18)4-3-5-8(9)19-11/h3-6H,1-2H3,(H,12,16)(H,13,14). The second-order valence-electron chi connectivity index (χ2n) is 3.88. The van der Waals surface area contributed by atoms with E-state index in [9.17, 15) is 14.9 Å². The molecule has 1 amide bonds. The van der Waals surface area contributed by atoms with Crippen LogP contribution in [0.15, 0.2) is 22.6 Å². The van der Waals surface area contributed by atoms with E-state index in [-0.39, 0.29) is 23.1 Å². The number of carbonyl (C=O) groups is 1. The van der Waals surface area contributed by atoms with Gasteiger partial charge in [0, 0.05) is 13.1 Å². The van der Waals surface area contributed by atoms with Crippen molar-refractivity contribution in [1.29, 1.82) is 0 Å². The molecule has 0 radical (unpaired) electrons. The first-order valence-corrected chi connectivity index (χ1v) is 5.55. The summed E-state index contributed by atoms with van der Waals surface area (Å²) in [5.41, 5.74) is 0.307. The second kappa shape index (κ2) is 4.92. The van der Waals surface area contributed by atoms with Crippen molar-refractivity contribution in [2.75, 3.05) is 12.4 Å². The molecule has 0 aliphatic heterocycles. The molecular formula is C11H12N4O4. The summed E-state index contributed by atoms with van der Waals surface area (Å²) in [5, 5.41) is 16.0. The monoisotopic (exact) mass is 264 g/mol. The summed E-state index contributed by atoms with van der Waals surface area (Å²) in [6.07, 6.45) is 0. The van der Waals surface area contributed by atoms with Crippen LogP contribution in [0.25, 0.3) is 11.1 Å². The van der Waals surface area contributed by atoms with E-state index in [1.807, 2.05) is 0 Å². The Kier molecular flexibility index (Phi) is 3.32. The molecule has 1 aromatic heterocycles. The number of benzene rings is 1. The summed E-state index contributed by atoms with van der Waals surface area (Å²) in [6.45, 7) is 1.63. The minimum atomic E-state index is -0.558. The zero-order valence-corrected chi connectivity index (χ0v) is 10.3. The Bertz CT molecular complexity index is 637. The Hall–Kier alpha value is -2.64. The molecule has 2 N–H and O–H groups in total. The maximum Gasteiger partial charge on any atom is 0.298 e. The van der Waals surface area contributed by atoms with E-state index >= 15 is 0 Å². The third-order valence-corrected chi connectivity index (χ3v) is 2.57. The Balaban J connectivity index is 2.34. The van der Waals surface area contributed by atoms with Crippen LogP contribution in [0, 0.1) is 10.1 Å². The number of aromatic nitrogens is 1. The Morgan fingerprint density at radius 2 is 2.26 bits per heavy atom. The van der Waals surface area contributed by atoms with Crippen LogP contribution in [0.4, 0.5) is 11.7 Å². The molecule has 0 aliphatic rings. The average molecular weight is 264 g/mol. The van der Waals surface area contributed by atoms with Crippen LogP contribution in [-0.4, -0.2) is 28.9 Å². The van der Waals surface area contributed by atoms with Gasteiger partial charge in [-0.15, -0.1) is 0 Å². The Labute approximate surface area is 108 Å². The van der Waals surface area contributed by atoms with Crippen LogP contribution in [0.3, 0.4) is 0 Å². The predicted octanol–water partition coefficient (Wildman–Crippen LogP) is 1.28. The van der Waals surface area contributed by atoms with Gasteiger partial charge < -0.3 is 15.1 Å². The number of nitrogens with one attached hydrogen (secondary N) is 2. The van der Waals surface area contributed by atoms with E-state index in [4.69, 9.17) is 4.42 Å². The number of amides is 1. The molecule has 0 saturated heterocycles. The van der Waals surface area contributed by atoms with Gasteiger partial charge in [-0.2, -0.15) is 4.98 Å². The van der Waals surface area contributed by atoms with Crippen molar-refractivity contribution < 1.29 is 14.1 Å². The highest BCUT2D eigenvalue weighted by Crippen LogP contribution is 2.27. The first kappa shape index (κ1) is 12.8. The van der Waals surface area contributed by atoms with E-state index < -0.39 is 11.0 Å². The second-order valence-corrected chi connectivity index (χ2v) is 3.88. The number of likely N-dealkylation sites (N-methyl/N-ethyl adjacent to an activating group) is 1. The minimum Gasteiger partial charge on any atom is -0.423 e. The number of oxazole rings is 1. The van der Waals surface area contributed by atoms with Gasteiger partial charge in [-0.25, -0.2) is 0 Å². The first-order chi connectivity index (χ1) is 9.02. The number of nitrogens with zero attached hydrogens (tertiary/aromatic N) is 2. The maximum absolute atomic E-state index is 11.4. The van der Waals surface area contributed by atoms with Gasteiger partial charge >= 0.3 is 0 Å². The zero-order chi connectivity index (χ0) is 14.0. The van der Waals surface area contributed by atoms with Crippen molar-refractivity contribution in [2.24, 2.45) is 0 Å². The van der Waals surface area contributed by atoms with E-state index in [2.05, 4.69) is 15.6 Å². The number of nitro groups is 1. The van der Waals surface area contributed by atoms with Crippen molar-refractivity contribution in [3.05, 3.63) is 28.3 Å². The smallest absolute Gasteiger partial charge is 0.298 e. The molecule has 8 nitrogen and oxygen atoms in total. The lowest BCUT2D eigenvalue weighted by atomic mass is 10.3. The minimum absolute atomic E-state index is 0.0698. The number of hydrogen-bond acceptors (Lipinski definition) is 6. The van der Waals surface area contributed by atoms with Crippen LogP contribution >= 0.6 is 0 Å². The van der Waals surface area contributed by atoms with Gasteiger partial charge in [0.15, 0.2) is 11.1 Å². The van der Waals surface area contributed by atoms with Gasteiger partial charge in [0.1, 0.15) is 6.04 Å². The van der Waals surface area contributed by atoms with Gasteiger partial charge in [0.05, 0.1) is 4.92 Å². The molecule has 1 heterocycles. The summed E-state index contributed by atoms with van der Waals surface area (Å²) in [5.74, 6) is -0.239. The van der Waals surface area contributed by atoms with Crippen LogP contribution < -0.4 is 10.6 Å². The van der Waals surface area contributed by atoms with Gasteiger partial charge in [-0.1, -0.05) is 6.07 Å². The van der Waals surface area contributed by atoms with E-state index in [0.29, 0.717) is 5.58 Å². The number of nitro benzene ring substituents is 1. The first-order valence-electron chi connectivity index (χ1n) is 5.55. The lowest BCUT2D eigenvalue weighted by Crippen LogP contribution is -2.35. The summed E-state index contributed by atoms with van der Waals surface area (Å²) in [6, 6.07) is 3.94. The third-order valence-electron chi connectivity index (χ3n) is 2.57. The summed E-state index contributed by atoms with van der Waals surface area (Å²) < 4.78 is 5.32. The molecule has 8 heteroatoms. The van der Waals surface area contributed by atoms with Crippen molar-refractivity contribution in [2.45, 2.75) is 13.0 Å². The number of anilines is 1. The van der Waals surface area contributed by atoms with Gasteiger partial charge in [0.2, 0.25) is 5.91 Å². The third kappa shape index (κ3) is 2.46. The molecule has 0 aliphatic carbocycles. The molecule has 2 rings (SSSR count). The normalized spacial score (nSPS) is 12.1. The van der Waals surface area contributed by atoms with Crippen LogP contribution in [0.5, 0.6) is 0 Å². The number of carbonyl (C=O) groups excluding carboxylic acids is 1. The molecule has 1 aromatic carbocycles. The predicted molar refractivity (Wildman–Crippen MR) is 67.8 cm³/mol. The molecule has 2 aromatic rings. The van der Waals surface area contributed by atoms with Crippen LogP contribution in [0.1, 0.15) is 6.92 Å². The highest BCUT2D eigenvalue weighted by atomic mass is 16.6. The summed E-state index contributed by atoms with van der Waals surface area (Å²) >= 11 is 0. The van der Waals surface area contributed by atoms with Gasteiger partial charge in [-0.3, -0.25) is 14.9 Å². The summed E-state index contributed by atoms with van der Waals surface area (Å²) in [4.78, 5) is 25.7. The zero-order valence-electron chi connectivity index (χ0n) is 10.3. The molecular weight excluding hydrogens is 252 g/mol. The molecule has 1 atom stereocenters. The van der Waals surface area contributed by atoms with Crippen LogP contribution in [0.2, 0.25) is 0 Å². The number of hydrogen-bond donors (Lipinski definition) is 2. The fourth-order valence-electron chi connectivity index (χ4n) is 1.61. The van der Waals surface area contributed by atoms with Crippen molar-refractivity contribution >= 4 is 28.7 Å². The molecule has 100 valence electrons. The SMILES string of the molecule is CNC(=O)C(C)Nc1nc2c([N+](=O)[O-])cccc2o1. The number of fused-ring (bicyclic) bond motifs is 1. The summed E-state index contributed by atoms with van der Waals surface area (Å²) in [7, 11) is 1.51. The van der Waals surface area contributed by atoms with Crippen molar-refractivity contribution in [1.82, 2.24) is 10.3 Å². The lowest BCUT2D eigenvalue weighted by molar-refractivity contribution is -0.383. The number of rotatable bonds is 4. The average Bonchev–Trinajstić information content (AvgIpc) is 2.79. The van der Waals surface area contributed by atoms with E-state index in [1.54, 1.807) is 13.0 Å². The fraction of sp³-hybridized carbons (Fsp3) is 0.273. The Morgan fingerprint density at radius 3 is 2.89 bits per heavy atom. The Morgan fingerprint density at radius 1 is 1.53 bits per heavy atom. The van der Waals surface area contributed by atoms with Gasteiger partial charge in [0.25, 0.3) is 11.7 Å². The van der Waals surface area contributed by atoms with Crippen LogP contribution in [-0.2, 0) is 4.79 Å². The topological polar surface area (TPSA) is 110 Å². The van der Waals surface area contributed by atoms with E-state index in [0.717, 1.165) is 0 Å². The largest absolute Gasteiger partial charge is 0.423 e. The molecule has 0 spiro atoms. The van der Waals surface area contributed by atoms with E-state index in [1.165, 1.54) is 19.2 Å². The molecule has 0 fully saturated rings. The molecule has 0 saturated carbocycles. The number of non-ortho nitro benzene ring substituents is 1. The van der Waals surface area contributed by atoms with Crippen molar-refractivity contribution in [3.8, 4) is 0 Å². The van der Waals surface area contributed by atoms with Gasteiger partial charge in [-0.05, 0) is 13.0 Å². The molecule has 1 unspecified atom stereocenters.